The SMILES string of the molecule is C[C@H]1C(=O)CC[C@@]2(C)c3nc(-c4ccccc4F)nc(-c4ccccc4F)c3CC[C@H]12.C[C@H]1C(=O)CC[C@@]2(C)c3nc(Cl)nc(-c4ccccc4F)c3CC[C@H]12.C[C@H]1C(=O)CC[C@@]2(C)c3nc(Cl)nc(Cl)c3CC[C@H]12.C[C@H]1c2oncc2C[C@@]2(C)c3nc(-c4ccccc4F)nc(-c4ccccc4F)c3CC[C@H]12.[C-]#[N+]C1=C(O)[C@H](C)[C@H]2CCc3c(-c4ccccc4F)nc(-c4ccccc4F)nc3[C@]2(C)C1. The Morgan fingerprint density at radius 3 is 0.957 bits per heavy atom. The summed E-state index contributed by atoms with van der Waals surface area (Å²) in [6.07, 6.45) is 14.8. The van der Waals surface area contributed by atoms with Crippen LogP contribution in [0.4, 0.5) is 30.7 Å². The summed E-state index contributed by atoms with van der Waals surface area (Å²) in [5.41, 5.74) is 13.5. The molecule has 10 aliphatic carbocycles. The second-order valence-electron chi connectivity index (χ2n) is 41.0. The second kappa shape index (κ2) is 38.4. The topological polar surface area (TPSA) is 231 Å². The lowest BCUT2D eigenvalue weighted by molar-refractivity contribution is -0.129. The summed E-state index contributed by atoms with van der Waals surface area (Å²) in [6, 6.07) is 45.5. The van der Waals surface area contributed by atoms with Crippen molar-refractivity contribution < 1.29 is 54.7 Å². The Hall–Kier alpha value is -12.4. The van der Waals surface area contributed by atoms with Crippen molar-refractivity contribution in [1.29, 1.82) is 0 Å². The quantitative estimate of drug-likeness (QED) is 0.0676. The molecule has 722 valence electrons. The fraction of sp³-hybridized carbons (Fsp3) is 0.377. The maximum atomic E-state index is 14.9. The number of benzene rings is 7. The van der Waals surface area contributed by atoms with E-state index in [0.717, 1.165) is 133 Å². The van der Waals surface area contributed by atoms with E-state index in [-0.39, 0.29) is 132 Å². The molecule has 13 aromatic rings. The zero-order valence-corrected chi connectivity index (χ0v) is 82.2. The highest BCUT2D eigenvalue weighted by Crippen LogP contribution is 2.60. The van der Waals surface area contributed by atoms with Crippen molar-refractivity contribution in [2.24, 2.45) is 53.3 Å². The minimum absolute atomic E-state index is 0.0255. The van der Waals surface area contributed by atoms with E-state index in [4.69, 9.17) is 70.8 Å². The predicted molar refractivity (Wildman–Crippen MR) is 528 cm³/mol. The van der Waals surface area contributed by atoms with Gasteiger partial charge in [-0.3, -0.25) is 14.4 Å². The molecule has 23 rings (SSSR count). The number of Topliss-reactive ketones (excluding diaryl/α,β-unsaturated/α-hetero) is 3. The molecule has 0 spiro atoms. The lowest BCUT2D eigenvalue weighted by Crippen LogP contribution is -2.47. The van der Waals surface area contributed by atoms with Gasteiger partial charge >= 0.3 is 0 Å². The average Bonchev–Trinajstić information content (AvgIpc) is 1.21. The average molecular weight is 1960 g/mol. The highest BCUT2D eigenvalue weighted by molar-refractivity contribution is 6.32. The molecular formula is C114H106Cl3F7N12O5. The van der Waals surface area contributed by atoms with Gasteiger partial charge in [-0.2, -0.15) is 0 Å². The maximum absolute atomic E-state index is 14.9. The predicted octanol–water partition coefficient (Wildman–Crippen LogP) is 27.2. The Kier molecular flexibility index (Phi) is 26.6. The summed E-state index contributed by atoms with van der Waals surface area (Å²) in [6.45, 7) is 28.5. The molecular weight excluding hydrogens is 1860 g/mol. The van der Waals surface area contributed by atoms with E-state index < -0.39 is 28.7 Å². The normalized spacial score (nSPS) is 26.2. The number of carbonyl (C=O) groups is 3. The fourth-order valence-electron chi connectivity index (χ4n) is 25.8. The van der Waals surface area contributed by atoms with Gasteiger partial charge in [0.25, 0.3) is 0 Å². The number of carbonyl (C=O) groups excluding carboxylic acids is 3. The minimum Gasteiger partial charge on any atom is -0.523 e. The van der Waals surface area contributed by atoms with Crippen LogP contribution in [-0.4, -0.2) is 77.5 Å². The van der Waals surface area contributed by atoms with Gasteiger partial charge < -0.3 is 9.63 Å². The van der Waals surface area contributed by atoms with Crippen molar-refractivity contribution in [3.63, 3.8) is 0 Å². The highest BCUT2D eigenvalue weighted by Gasteiger charge is 2.56. The maximum Gasteiger partial charge on any atom is 0.224 e. The van der Waals surface area contributed by atoms with Gasteiger partial charge in [-0.05, 0) is 234 Å². The molecule has 141 heavy (non-hydrogen) atoms. The fourth-order valence-corrected chi connectivity index (χ4v) is 26.5. The van der Waals surface area contributed by atoms with Crippen molar-refractivity contribution in [2.45, 2.75) is 218 Å². The van der Waals surface area contributed by atoms with Gasteiger partial charge in [0, 0.05) is 132 Å². The molecule has 3 fully saturated rings. The molecule has 0 unspecified atom stereocenters. The Bertz CT molecular complexity index is 7280. The van der Waals surface area contributed by atoms with E-state index in [2.05, 4.69) is 69.5 Å². The molecule has 7 aromatic carbocycles. The lowest BCUT2D eigenvalue weighted by atomic mass is 9.56. The van der Waals surface area contributed by atoms with E-state index in [1.54, 1.807) is 134 Å². The molecule has 0 amide bonds. The number of fused-ring (bicyclic) bond motifs is 16. The van der Waals surface area contributed by atoms with Crippen LogP contribution in [0.5, 0.6) is 0 Å². The molecule has 27 heteroatoms. The summed E-state index contributed by atoms with van der Waals surface area (Å²) in [5, 5.41) is 15.5. The van der Waals surface area contributed by atoms with Crippen molar-refractivity contribution >= 4 is 52.2 Å². The Labute approximate surface area is 829 Å². The Morgan fingerprint density at radius 2 is 0.617 bits per heavy atom. The van der Waals surface area contributed by atoms with Crippen molar-refractivity contribution in [3.8, 4) is 79.2 Å². The number of ketones is 3. The van der Waals surface area contributed by atoms with E-state index in [0.29, 0.717) is 141 Å². The van der Waals surface area contributed by atoms with Crippen LogP contribution in [0.1, 0.15) is 220 Å². The molecule has 0 aliphatic heterocycles. The van der Waals surface area contributed by atoms with E-state index >= 15 is 0 Å². The Balaban J connectivity index is 0.000000113. The molecule has 0 radical (unpaired) electrons. The van der Waals surface area contributed by atoms with Gasteiger partial charge in [-0.25, -0.2) is 85.4 Å². The van der Waals surface area contributed by atoms with E-state index in [1.807, 2.05) is 34.6 Å². The molecule has 1 N–H and O–H groups in total. The smallest absolute Gasteiger partial charge is 0.224 e. The third kappa shape index (κ3) is 17.2. The summed E-state index contributed by atoms with van der Waals surface area (Å²) < 4.78 is 109. The van der Waals surface area contributed by atoms with Crippen LogP contribution in [0.25, 0.3) is 84.0 Å². The summed E-state index contributed by atoms with van der Waals surface area (Å²) >= 11 is 18.4. The first-order valence-corrected chi connectivity index (χ1v) is 49.8. The molecule has 15 atom stereocenters. The van der Waals surface area contributed by atoms with Crippen LogP contribution in [-0.2, 0) is 80.0 Å². The largest absolute Gasteiger partial charge is 0.523 e. The molecule has 6 aromatic heterocycles. The Morgan fingerprint density at radius 1 is 0.340 bits per heavy atom. The first kappa shape index (κ1) is 97.4. The number of hydrogen-bond donors (Lipinski definition) is 1. The van der Waals surface area contributed by atoms with Gasteiger partial charge in [0.15, 0.2) is 17.5 Å². The van der Waals surface area contributed by atoms with E-state index in [9.17, 15) is 50.2 Å². The number of nitrogens with zero attached hydrogens (tertiary/aromatic N) is 12. The van der Waals surface area contributed by atoms with Crippen LogP contribution in [0.2, 0.25) is 15.7 Å². The molecule has 0 saturated heterocycles. The molecule has 10 aliphatic rings. The van der Waals surface area contributed by atoms with Crippen molar-refractivity contribution in [3.05, 3.63) is 323 Å². The minimum atomic E-state index is -0.567. The third-order valence-corrected chi connectivity index (χ3v) is 34.0. The van der Waals surface area contributed by atoms with Crippen molar-refractivity contribution in [1.82, 2.24) is 55.0 Å². The van der Waals surface area contributed by atoms with Gasteiger partial charge in [0.2, 0.25) is 16.3 Å². The van der Waals surface area contributed by atoms with Crippen LogP contribution in [0, 0.1) is 101 Å². The monoisotopic (exact) mass is 1960 g/mol. The van der Waals surface area contributed by atoms with Crippen molar-refractivity contribution in [2.75, 3.05) is 0 Å². The number of allylic oxidation sites excluding steroid dienone is 2. The third-order valence-electron chi connectivity index (χ3n) is 33.4. The van der Waals surface area contributed by atoms with Gasteiger partial charge in [0.05, 0.1) is 86.5 Å². The van der Waals surface area contributed by atoms with Crippen LogP contribution in [0.15, 0.2) is 192 Å². The van der Waals surface area contributed by atoms with E-state index in [1.165, 1.54) is 42.5 Å². The first-order chi connectivity index (χ1) is 67.6. The highest BCUT2D eigenvalue weighted by atomic mass is 35.5. The molecule has 6 heterocycles. The number of halogens is 10. The molecule has 3 saturated carbocycles. The zero-order chi connectivity index (χ0) is 99.4. The first-order valence-electron chi connectivity index (χ1n) is 48.7. The molecule has 0 bridgehead atoms. The summed E-state index contributed by atoms with van der Waals surface area (Å²) in [4.78, 5) is 86.5. The number of aliphatic hydroxyl groups is 1. The molecule has 17 nitrogen and oxygen atoms in total. The van der Waals surface area contributed by atoms with Crippen LogP contribution >= 0.6 is 34.8 Å². The summed E-state index contributed by atoms with van der Waals surface area (Å²) in [5.74, 6) is 1.30. The lowest BCUT2D eigenvalue weighted by Gasteiger charge is -2.48. The number of aromatic nitrogens is 11. The van der Waals surface area contributed by atoms with Gasteiger partial charge in [-0.15, -0.1) is 0 Å². The van der Waals surface area contributed by atoms with Crippen LogP contribution < -0.4 is 0 Å². The number of aliphatic hydroxyl groups excluding tert-OH is 1. The standard InChI is InChI=1S/2C27H23F2N3O.C26H24F2N2O.C20H20ClFN2O.C14H16Cl2N2O/c1-15-20-12-11-19-23(17-7-3-5-9-21(17)28)31-26(18-8-4-6-10-22(18)29)32-25(19)27(20,2)13-16-14-30-33-24(15)16;1-15-19-13-12-18-23(16-8-4-6-10-20(16)28)31-26(17-9-5-7-11-21(17)29)32-25(18)27(19,2)14-22(30-3)24(15)33;1-15-19-12-11-18-23(16-7-3-5-9-20(16)27)29-25(17-8-4-6-10-21(17)28)30-24(18)26(19,2)14-13-22(15)31;1-11-14-8-7-13-17(12-5-3-4-6-15(12)22)23-19(21)24-18(13)20(14,2)10-9-16(11)25;1-7-9-4-3-8-11(17-13(16)18-12(8)15)14(9,2)6-5-10(7)19/h3-10,14-15,20H,11-13H2,1-2H3;4-11,15,19,33H,12-14H2,1-2H3;3-10,15,19H,11-14H2,1-2H3;3-6,11,14H,7-10H2,1-2H3;7,9H,3-6H2,1-2H3/t15-,20-,27-;15-,19-,27-;15-,19-,26-;11-,14-,20-;7-,9-,14-/m11111/s1. The number of rotatable bonds is 7. The van der Waals surface area contributed by atoms with Crippen LogP contribution in [0.3, 0.4) is 0 Å². The number of hydrogen-bond acceptors (Lipinski definition) is 16. The van der Waals surface area contributed by atoms with Gasteiger partial charge in [0.1, 0.15) is 69.0 Å². The summed E-state index contributed by atoms with van der Waals surface area (Å²) in [7, 11) is 0. The zero-order valence-electron chi connectivity index (χ0n) is 80.0. The second-order valence-corrected chi connectivity index (χ2v) is 42.0. The van der Waals surface area contributed by atoms with Gasteiger partial charge in [-0.1, -0.05) is 171 Å².